The lowest BCUT2D eigenvalue weighted by Gasteiger charge is -2.31. The Kier molecular flexibility index (Phi) is 5.45. The van der Waals surface area contributed by atoms with Gasteiger partial charge in [-0.15, -0.1) is 13.2 Å². The van der Waals surface area contributed by atoms with Gasteiger partial charge in [0.15, 0.2) is 6.10 Å². The van der Waals surface area contributed by atoms with Gasteiger partial charge in [0.05, 0.1) is 6.61 Å². The van der Waals surface area contributed by atoms with E-state index in [1.165, 1.54) is 18.2 Å². The fraction of sp³-hybridized carbons (Fsp3) is 0.333. The minimum atomic E-state index is -4.74. The molecule has 0 radical (unpaired) electrons. The summed E-state index contributed by atoms with van der Waals surface area (Å²) in [5.74, 6) is -0.0377. The quantitative estimate of drug-likeness (QED) is 0.890. The van der Waals surface area contributed by atoms with Crippen molar-refractivity contribution in [3.63, 3.8) is 0 Å². The molecule has 1 aliphatic heterocycles. The van der Waals surface area contributed by atoms with Gasteiger partial charge < -0.3 is 19.5 Å². The molecule has 3 rings (SSSR count). The monoisotopic (exact) mass is 353 g/mol. The first-order chi connectivity index (χ1) is 12.0. The third-order valence-corrected chi connectivity index (χ3v) is 3.72. The Balaban J connectivity index is 1.81. The zero-order valence-electron chi connectivity index (χ0n) is 13.3. The first-order valence-electron chi connectivity index (χ1n) is 7.91. The number of hydrogen-bond donors (Lipinski definition) is 1. The maximum absolute atomic E-state index is 12.4. The van der Waals surface area contributed by atoms with Crippen LogP contribution in [-0.2, 0) is 4.74 Å². The minimum absolute atomic E-state index is 0.247. The van der Waals surface area contributed by atoms with Gasteiger partial charge in [-0.05, 0) is 17.7 Å². The van der Waals surface area contributed by atoms with Crippen molar-refractivity contribution in [1.29, 1.82) is 0 Å². The van der Waals surface area contributed by atoms with Crippen LogP contribution in [0.15, 0.2) is 54.6 Å². The van der Waals surface area contributed by atoms with Crippen molar-refractivity contribution in [3.8, 4) is 11.5 Å². The third-order valence-electron chi connectivity index (χ3n) is 3.72. The van der Waals surface area contributed by atoms with Crippen LogP contribution in [0.1, 0.15) is 11.7 Å². The van der Waals surface area contributed by atoms with Gasteiger partial charge in [-0.1, -0.05) is 36.4 Å². The van der Waals surface area contributed by atoms with Crippen molar-refractivity contribution in [2.24, 2.45) is 0 Å². The molecule has 1 saturated heterocycles. The highest BCUT2D eigenvalue weighted by molar-refractivity contribution is 5.34. The molecule has 0 spiro atoms. The Hall–Kier alpha value is -2.25. The van der Waals surface area contributed by atoms with E-state index in [9.17, 15) is 13.2 Å². The molecule has 134 valence electrons. The van der Waals surface area contributed by atoms with Gasteiger partial charge in [-0.25, -0.2) is 0 Å². The lowest BCUT2D eigenvalue weighted by Crippen LogP contribution is -2.43. The van der Waals surface area contributed by atoms with Gasteiger partial charge in [0.2, 0.25) is 0 Å². The average Bonchev–Trinajstić information content (AvgIpc) is 2.60. The number of nitrogens with one attached hydrogen (secondary N) is 1. The van der Waals surface area contributed by atoms with E-state index < -0.39 is 12.5 Å². The van der Waals surface area contributed by atoms with Gasteiger partial charge in [0.25, 0.3) is 0 Å². The molecule has 0 aliphatic carbocycles. The average molecular weight is 353 g/mol. The molecule has 2 aromatic carbocycles. The fourth-order valence-corrected chi connectivity index (χ4v) is 2.67. The lowest BCUT2D eigenvalue weighted by molar-refractivity contribution is -0.274. The van der Waals surface area contributed by atoms with Gasteiger partial charge >= 0.3 is 6.36 Å². The third kappa shape index (κ3) is 5.11. The summed E-state index contributed by atoms with van der Waals surface area (Å²) in [5, 5.41) is 3.23. The second kappa shape index (κ2) is 7.76. The molecule has 0 bridgehead atoms. The Bertz CT molecular complexity index is 673. The van der Waals surface area contributed by atoms with E-state index in [1.54, 1.807) is 6.07 Å². The van der Waals surface area contributed by atoms with E-state index in [4.69, 9.17) is 9.47 Å². The molecule has 1 heterocycles. The summed E-state index contributed by atoms with van der Waals surface area (Å²) < 4.78 is 52.9. The van der Waals surface area contributed by atoms with Crippen LogP contribution in [0.2, 0.25) is 0 Å². The molecular formula is C18H18F3NO3. The van der Waals surface area contributed by atoms with Crippen LogP contribution in [0.4, 0.5) is 13.2 Å². The number of benzene rings is 2. The molecule has 0 aromatic heterocycles. The summed E-state index contributed by atoms with van der Waals surface area (Å²) >= 11 is 0. The van der Waals surface area contributed by atoms with Crippen LogP contribution in [0.5, 0.6) is 11.5 Å². The number of halogens is 3. The molecule has 0 saturated carbocycles. The molecule has 1 aliphatic rings. The highest BCUT2D eigenvalue weighted by Crippen LogP contribution is 2.31. The molecule has 25 heavy (non-hydrogen) atoms. The second-order valence-electron chi connectivity index (χ2n) is 5.59. The normalized spacial score (nSPS) is 19.2. The molecule has 7 heteroatoms. The topological polar surface area (TPSA) is 39.7 Å². The largest absolute Gasteiger partial charge is 0.573 e. The van der Waals surface area contributed by atoms with Crippen LogP contribution in [0, 0.1) is 0 Å². The first-order valence-corrected chi connectivity index (χ1v) is 7.91. The Morgan fingerprint density at radius 3 is 2.48 bits per heavy atom. The predicted molar refractivity (Wildman–Crippen MR) is 85.5 cm³/mol. The number of morpholine rings is 1. The van der Waals surface area contributed by atoms with Crippen molar-refractivity contribution in [1.82, 2.24) is 5.32 Å². The summed E-state index contributed by atoms with van der Waals surface area (Å²) in [6.45, 7) is 1.90. The van der Waals surface area contributed by atoms with E-state index in [1.807, 2.05) is 30.3 Å². The maximum Gasteiger partial charge on any atom is 0.573 e. The van der Waals surface area contributed by atoms with Gasteiger partial charge in [0.1, 0.15) is 17.6 Å². The molecule has 2 unspecified atom stereocenters. The standard InChI is InChI=1S/C18H18F3NO3/c19-18(20,21)25-15-8-4-7-14(11-15)24-17(13-5-2-1-3-6-13)16-12-22-9-10-23-16/h1-8,11,16-17,22H,9-10,12H2. The molecule has 1 N–H and O–H groups in total. The van der Waals surface area contributed by atoms with Crippen LogP contribution >= 0.6 is 0 Å². The van der Waals surface area contributed by atoms with Gasteiger partial charge in [-0.2, -0.15) is 0 Å². The van der Waals surface area contributed by atoms with Crippen molar-refractivity contribution in [2.45, 2.75) is 18.6 Å². The second-order valence-corrected chi connectivity index (χ2v) is 5.59. The maximum atomic E-state index is 12.4. The first kappa shape index (κ1) is 17.6. The number of rotatable bonds is 5. The molecule has 2 atom stereocenters. The number of alkyl halides is 3. The van der Waals surface area contributed by atoms with E-state index >= 15 is 0 Å². The van der Waals surface area contributed by atoms with E-state index in [-0.39, 0.29) is 17.6 Å². The highest BCUT2D eigenvalue weighted by atomic mass is 19.4. The predicted octanol–water partition coefficient (Wildman–Crippen LogP) is 3.69. The Morgan fingerprint density at radius 1 is 1.04 bits per heavy atom. The van der Waals surface area contributed by atoms with Crippen molar-refractivity contribution < 1.29 is 27.4 Å². The zero-order valence-corrected chi connectivity index (χ0v) is 13.3. The van der Waals surface area contributed by atoms with Crippen molar-refractivity contribution >= 4 is 0 Å². The Labute approximate surface area is 143 Å². The van der Waals surface area contributed by atoms with Gasteiger partial charge in [0, 0.05) is 19.2 Å². The number of hydrogen-bond acceptors (Lipinski definition) is 4. The van der Waals surface area contributed by atoms with Crippen LogP contribution in [0.3, 0.4) is 0 Å². The summed E-state index contributed by atoms with van der Waals surface area (Å²) in [5.41, 5.74) is 0.887. The zero-order chi connectivity index (χ0) is 17.7. The molecule has 2 aromatic rings. The summed E-state index contributed by atoms with van der Waals surface area (Å²) in [7, 11) is 0. The number of ether oxygens (including phenoxy) is 3. The molecule has 0 amide bonds. The van der Waals surface area contributed by atoms with E-state index in [2.05, 4.69) is 10.1 Å². The summed E-state index contributed by atoms with van der Waals surface area (Å²) in [4.78, 5) is 0. The van der Waals surface area contributed by atoms with Crippen LogP contribution in [0.25, 0.3) is 0 Å². The lowest BCUT2D eigenvalue weighted by atomic mass is 10.0. The minimum Gasteiger partial charge on any atom is -0.483 e. The molecule has 4 nitrogen and oxygen atoms in total. The fourth-order valence-electron chi connectivity index (χ4n) is 2.67. The van der Waals surface area contributed by atoms with Crippen molar-refractivity contribution in [3.05, 3.63) is 60.2 Å². The smallest absolute Gasteiger partial charge is 0.483 e. The molecular weight excluding hydrogens is 335 g/mol. The van der Waals surface area contributed by atoms with E-state index in [0.717, 1.165) is 12.1 Å². The Morgan fingerprint density at radius 2 is 1.80 bits per heavy atom. The van der Waals surface area contributed by atoms with E-state index in [0.29, 0.717) is 13.2 Å². The SMILES string of the molecule is FC(F)(F)Oc1cccc(OC(c2ccccc2)C2CNCCO2)c1. The summed E-state index contributed by atoms with van der Waals surface area (Å²) in [6.07, 6.45) is -5.44. The van der Waals surface area contributed by atoms with Gasteiger partial charge in [-0.3, -0.25) is 0 Å². The molecule has 1 fully saturated rings. The van der Waals surface area contributed by atoms with Crippen molar-refractivity contribution in [2.75, 3.05) is 19.7 Å². The van der Waals surface area contributed by atoms with Crippen LogP contribution < -0.4 is 14.8 Å². The highest BCUT2D eigenvalue weighted by Gasteiger charge is 2.32. The van der Waals surface area contributed by atoms with Crippen LogP contribution in [-0.4, -0.2) is 32.2 Å². The summed E-state index contributed by atoms with van der Waals surface area (Å²) in [6, 6.07) is 15.0.